The summed E-state index contributed by atoms with van der Waals surface area (Å²) in [5, 5.41) is 5.17. The van der Waals surface area contributed by atoms with Gasteiger partial charge in [-0.15, -0.1) is 0 Å². The van der Waals surface area contributed by atoms with Gasteiger partial charge >= 0.3 is 0 Å². The fraction of sp³-hybridized carbons (Fsp3) is 0.125. The van der Waals surface area contributed by atoms with E-state index in [0.717, 1.165) is 0 Å². The van der Waals surface area contributed by atoms with Gasteiger partial charge in [-0.25, -0.2) is 4.39 Å². The first kappa shape index (κ1) is 11.7. The van der Waals surface area contributed by atoms with E-state index in [1.165, 1.54) is 24.3 Å². The molecule has 0 radical (unpaired) electrons. The van der Waals surface area contributed by atoms with Gasteiger partial charge in [-0.2, -0.15) is 0 Å². The Labute approximate surface area is 81.6 Å². The molecule has 0 aliphatic carbocycles. The second-order valence-electron chi connectivity index (χ2n) is 2.32. The first-order chi connectivity index (χ1) is 5.68. The van der Waals surface area contributed by atoms with Crippen molar-refractivity contribution in [3.63, 3.8) is 0 Å². The molecule has 0 aromatic heterocycles. The van der Waals surface area contributed by atoms with E-state index in [1.807, 2.05) is 0 Å². The highest BCUT2D eigenvalue weighted by molar-refractivity contribution is 5.75. The lowest BCUT2D eigenvalue weighted by Gasteiger charge is -2.00. The molecule has 13 heavy (non-hydrogen) atoms. The number of ether oxygens (including phenoxy) is 1. The Morgan fingerprint density at radius 3 is 2.38 bits per heavy atom. The van der Waals surface area contributed by atoms with Crippen molar-refractivity contribution in [3.05, 3.63) is 30.1 Å². The summed E-state index contributed by atoms with van der Waals surface area (Å²) in [6.07, 6.45) is 0. The van der Waals surface area contributed by atoms with Gasteiger partial charge in [0.2, 0.25) is 0 Å². The van der Waals surface area contributed by atoms with Crippen LogP contribution in [0, 0.1) is 5.82 Å². The third kappa shape index (κ3) is 4.32. The largest absolute Gasteiger partial charge is 1.00 e. The van der Waals surface area contributed by atoms with Crippen LogP contribution < -0.4 is 28.3 Å². The molecule has 1 aromatic rings. The molecule has 1 rings (SSSR count). The lowest BCUT2D eigenvalue weighted by Crippen LogP contribution is -3.00. The first-order valence-corrected chi connectivity index (χ1v) is 3.43. The second kappa shape index (κ2) is 5.37. The number of hydrogen-bond acceptors (Lipinski definition) is 1. The monoisotopic (exact) mass is 204 g/mol. The lowest BCUT2D eigenvalue weighted by atomic mass is 10.3. The van der Waals surface area contributed by atoms with E-state index in [0.29, 0.717) is 5.75 Å². The van der Waals surface area contributed by atoms with Crippen molar-refractivity contribution < 1.29 is 26.9 Å². The van der Waals surface area contributed by atoms with Gasteiger partial charge in [0, 0.05) is 0 Å². The molecule has 0 unspecified atom stereocenters. The van der Waals surface area contributed by atoms with Gasteiger partial charge in [0.1, 0.15) is 11.6 Å². The summed E-state index contributed by atoms with van der Waals surface area (Å²) in [5.74, 6) is 0.441. The Morgan fingerprint density at radius 1 is 1.38 bits per heavy atom. The number of nitrogens with two attached hydrogens (primary N) is 2. The van der Waals surface area contributed by atoms with E-state index in [-0.39, 0.29) is 30.7 Å². The highest BCUT2D eigenvalue weighted by atomic mass is 35.5. The zero-order valence-electron chi connectivity index (χ0n) is 6.84. The fourth-order valence-electron chi connectivity index (χ4n) is 0.697. The van der Waals surface area contributed by atoms with Crippen molar-refractivity contribution >= 4 is 5.84 Å². The zero-order valence-corrected chi connectivity index (χ0v) is 7.59. The van der Waals surface area contributed by atoms with Gasteiger partial charge in [0.15, 0.2) is 6.61 Å². The van der Waals surface area contributed by atoms with E-state index in [4.69, 9.17) is 15.9 Å². The maximum Gasteiger partial charge on any atom is 0.276 e. The lowest BCUT2D eigenvalue weighted by molar-refractivity contribution is -0.119. The molecule has 72 valence electrons. The number of amidine groups is 1. The van der Waals surface area contributed by atoms with Crippen LogP contribution in [0.5, 0.6) is 5.75 Å². The molecule has 0 saturated heterocycles. The smallest absolute Gasteiger partial charge is 0.276 e. The van der Waals surface area contributed by atoms with Gasteiger partial charge in [0.05, 0.1) is 0 Å². The fourth-order valence-corrected chi connectivity index (χ4v) is 0.697. The minimum Gasteiger partial charge on any atom is -1.00 e. The second-order valence-corrected chi connectivity index (χ2v) is 2.32. The molecular weight excluding hydrogens is 195 g/mol. The Morgan fingerprint density at radius 2 is 1.92 bits per heavy atom. The molecule has 1 aromatic carbocycles. The number of benzene rings is 1. The molecule has 0 spiro atoms. The van der Waals surface area contributed by atoms with Gasteiger partial charge in [0.25, 0.3) is 5.84 Å². The van der Waals surface area contributed by atoms with Crippen LogP contribution in [0.4, 0.5) is 4.39 Å². The quantitative estimate of drug-likeness (QED) is 0.394. The van der Waals surface area contributed by atoms with E-state index in [9.17, 15) is 4.39 Å². The number of rotatable bonds is 3. The summed E-state index contributed by atoms with van der Waals surface area (Å²) in [5.41, 5.74) is 5.17. The summed E-state index contributed by atoms with van der Waals surface area (Å²) < 4.78 is 17.4. The van der Waals surface area contributed by atoms with Crippen LogP contribution in [-0.4, -0.2) is 12.4 Å². The van der Waals surface area contributed by atoms with Crippen molar-refractivity contribution in [1.82, 2.24) is 0 Å². The average Bonchev–Trinajstić information content (AvgIpc) is 2.03. The number of hydrogen-bond donors (Lipinski definition) is 2. The third-order valence-corrected chi connectivity index (χ3v) is 1.22. The maximum atomic E-state index is 12.4. The van der Waals surface area contributed by atoms with Crippen molar-refractivity contribution in [2.45, 2.75) is 0 Å². The standard InChI is InChI=1S/C8H9FN2O.ClH/c9-6-1-3-7(4-2-6)12-5-8(10)11;/h1-4H,5H2,(H3,10,11);1H. The van der Waals surface area contributed by atoms with E-state index < -0.39 is 0 Å². The van der Waals surface area contributed by atoms with Gasteiger partial charge < -0.3 is 17.1 Å². The predicted molar refractivity (Wildman–Crippen MR) is 43.0 cm³/mol. The van der Waals surface area contributed by atoms with Crippen LogP contribution >= 0.6 is 0 Å². The molecular formula is C8H10ClFN2O. The summed E-state index contributed by atoms with van der Waals surface area (Å²) in [4.78, 5) is 0. The number of halogens is 2. The normalized spacial score (nSPS) is 8.69. The highest BCUT2D eigenvalue weighted by Gasteiger charge is 1.97. The van der Waals surface area contributed by atoms with Crippen molar-refractivity contribution in [2.24, 2.45) is 5.73 Å². The molecule has 0 amide bonds. The van der Waals surface area contributed by atoms with Crippen LogP contribution in [-0.2, 0) is 0 Å². The molecule has 5 heteroatoms. The molecule has 3 nitrogen and oxygen atoms in total. The SMILES string of the molecule is NC(=[NH2+])COc1ccc(F)cc1.[Cl-]. The Bertz CT molecular complexity index is 276. The molecule has 0 aliphatic rings. The maximum absolute atomic E-state index is 12.4. The van der Waals surface area contributed by atoms with Gasteiger partial charge in [-0.05, 0) is 24.3 Å². The van der Waals surface area contributed by atoms with Gasteiger partial charge in [-0.3, -0.25) is 11.1 Å². The topological polar surface area (TPSA) is 60.8 Å². The molecule has 4 N–H and O–H groups in total. The third-order valence-electron chi connectivity index (χ3n) is 1.22. The van der Waals surface area contributed by atoms with E-state index >= 15 is 0 Å². The summed E-state index contributed by atoms with van der Waals surface area (Å²) in [7, 11) is 0. The van der Waals surface area contributed by atoms with Crippen molar-refractivity contribution in [1.29, 1.82) is 0 Å². The molecule has 0 fully saturated rings. The Balaban J connectivity index is 0.00000144. The first-order valence-electron chi connectivity index (χ1n) is 3.43. The average molecular weight is 205 g/mol. The summed E-state index contributed by atoms with van der Waals surface area (Å²) in [6.45, 7) is 0.144. The summed E-state index contributed by atoms with van der Waals surface area (Å²) >= 11 is 0. The Hall–Kier alpha value is -1.29. The van der Waals surface area contributed by atoms with Crippen molar-refractivity contribution in [3.8, 4) is 5.75 Å². The van der Waals surface area contributed by atoms with Crippen LogP contribution in [0.1, 0.15) is 0 Å². The van der Waals surface area contributed by atoms with Crippen LogP contribution in [0.2, 0.25) is 0 Å². The van der Waals surface area contributed by atoms with E-state index in [1.54, 1.807) is 0 Å². The van der Waals surface area contributed by atoms with Crippen molar-refractivity contribution in [2.75, 3.05) is 6.61 Å². The molecule has 0 saturated carbocycles. The minimum atomic E-state index is -0.299. The molecule has 0 aliphatic heterocycles. The Kier molecular flexibility index (Phi) is 4.84. The molecule has 0 atom stereocenters. The zero-order chi connectivity index (χ0) is 8.97. The van der Waals surface area contributed by atoms with Crippen LogP contribution in [0.3, 0.4) is 0 Å². The van der Waals surface area contributed by atoms with Gasteiger partial charge in [-0.1, -0.05) is 0 Å². The predicted octanol–water partition coefficient (Wildman–Crippen LogP) is -3.68. The van der Waals surface area contributed by atoms with Crippen LogP contribution in [0.25, 0.3) is 0 Å². The molecule has 0 bridgehead atoms. The van der Waals surface area contributed by atoms with Crippen LogP contribution in [0.15, 0.2) is 24.3 Å². The minimum absolute atomic E-state index is 0. The highest BCUT2D eigenvalue weighted by Crippen LogP contribution is 2.10. The van der Waals surface area contributed by atoms with E-state index in [2.05, 4.69) is 0 Å². The summed E-state index contributed by atoms with van der Waals surface area (Å²) in [6, 6.07) is 5.64. The molecule has 0 heterocycles.